The van der Waals surface area contributed by atoms with Crippen molar-refractivity contribution < 1.29 is 23.7 Å². The van der Waals surface area contributed by atoms with Crippen molar-refractivity contribution in [3.05, 3.63) is 262 Å². The summed E-state index contributed by atoms with van der Waals surface area (Å²) in [4.78, 5) is 82.6. The third-order valence-corrected chi connectivity index (χ3v) is 27.7. The molecule has 0 amide bonds. The highest BCUT2D eigenvalue weighted by molar-refractivity contribution is 6.06. The molecule has 5 aromatic heterocycles. The average Bonchev–Trinajstić information content (AvgIpc) is 0.763. The summed E-state index contributed by atoms with van der Waals surface area (Å²) in [5.74, 6) is 8.18. The summed E-state index contributed by atoms with van der Waals surface area (Å²) in [5.41, 5.74) is 13.8. The Morgan fingerprint density at radius 3 is 0.906 bits per heavy atom. The van der Waals surface area contributed by atoms with E-state index in [1.54, 1.807) is 6.07 Å². The van der Waals surface area contributed by atoms with E-state index < -0.39 is 0 Å². The Balaban J connectivity index is 0.000000115. The SMILES string of the molecule is CC1CCN(Cc2ccc3c(c2)-c2n[nH]c(=O)c4cccc(c24)O3)CC1.CCCN(CC)Cc1ccc2c(c1)-c1n[nH]c(=O)c3cccc(c13)O2.CCN(CC)CCN(C)Cc1ccc2c(c1)-c1n[nH]c(=O)c3cccc(c13)O2.CCN(CC)CCN(CC)Cc1ccc2c(c1)-c1n[nH]c(=O)c3cccc(c13)O2.CN(C)CCCN1CCN(Cc2ccc3c(c2)-c2n[nH]c(=O)c4cccc(c24)O3)CC1. The van der Waals surface area contributed by atoms with Crippen molar-refractivity contribution in [1.29, 1.82) is 0 Å². The van der Waals surface area contributed by atoms with Gasteiger partial charge in [-0.2, -0.15) is 25.5 Å². The molecule has 7 aliphatic heterocycles. The zero-order chi connectivity index (χ0) is 96.5. The van der Waals surface area contributed by atoms with E-state index in [1.807, 2.05) is 115 Å². The molecular formula is C110H125N19O10. The van der Waals surface area contributed by atoms with Gasteiger partial charge in [0.2, 0.25) is 0 Å². The maximum atomic E-state index is 12.2. The second-order valence-corrected chi connectivity index (χ2v) is 37.3. The van der Waals surface area contributed by atoms with Gasteiger partial charge in [-0.25, -0.2) is 25.5 Å². The molecular weight excluding hydrogens is 1750 g/mol. The van der Waals surface area contributed by atoms with Crippen LogP contribution >= 0.6 is 0 Å². The summed E-state index contributed by atoms with van der Waals surface area (Å²) in [7, 11) is 6.41. The van der Waals surface area contributed by atoms with Crippen molar-refractivity contribution in [2.45, 2.75) is 114 Å². The molecule has 29 nitrogen and oxygen atoms in total. The Morgan fingerprint density at radius 1 is 0.309 bits per heavy atom. The summed E-state index contributed by atoms with van der Waals surface area (Å²) in [6.07, 6.45) is 4.89. The fourth-order valence-corrected chi connectivity index (χ4v) is 19.8. The van der Waals surface area contributed by atoms with Crippen molar-refractivity contribution in [1.82, 2.24) is 95.1 Å². The average molecular weight is 1870 g/mol. The van der Waals surface area contributed by atoms with E-state index in [2.05, 4.69) is 232 Å². The Kier molecular flexibility index (Phi) is 29.8. The number of likely N-dealkylation sites (N-methyl/N-ethyl adjacent to an activating group) is 4. The Labute approximate surface area is 808 Å². The lowest BCUT2D eigenvalue weighted by atomic mass is 9.97. The predicted octanol–water partition coefficient (Wildman–Crippen LogP) is 17.9. The number of H-pyrrole nitrogens is 5. The highest BCUT2D eigenvalue weighted by atomic mass is 16.5. The maximum Gasteiger partial charge on any atom is 0.272 e. The molecule has 720 valence electrons. The molecule has 5 N–H and O–H groups in total. The van der Waals surface area contributed by atoms with Crippen LogP contribution in [0.2, 0.25) is 0 Å². The van der Waals surface area contributed by atoms with Crippen LogP contribution in [0.4, 0.5) is 0 Å². The molecule has 0 spiro atoms. The number of likely N-dealkylation sites (tertiary alicyclic amines) is 1. The van der Waals surface area contributed by atoms with Crippen LogP contribution < -0.4 is 51.5 Å². The lowest BCUT2D eigenvalue weighted by Crippen LogP contribution is -2.46. The largest absolute Gasteiger partial charge is 0.456 e. The zero-order valence-electron chi connectivity index (χ0n) is 81.5. The van der Waals surface area contributed by atoms with Crippen molar-refractivity contribution in [2.75, 3.05) is 145 Å². The number of hydrogen-bond donors (Lipinski definition) is 5. The zero-order valence-corrected chi connectivity index (χ0v) is 81.5. The first-order valence-corrected chi connectivity index (χ1v) is 49.3. The lowest BCUT2D eigenvalue weighted by molar-refractivity contribution is 0.124. The first kappa shape index (κ1) is 95.8. The standard InChI is InChI=1S/C24H29N5O2.C23H28N4O2.C22H26N4O2.C21H21N3O2.C20H21N3O2/c1-27(2)9-4-10-28-11-13-29(14-12-28)16-17-7-8-20-19(15-17)23-22-18(24(30)26-25-23)5-3-6-21(22)31-20;1-4-26(5-2)12-13-27(6-3)15-16-10-11-19-18(14-16)22-21-17(23(28)25-24-22)8-7-9-20(21)29-19;1-4-26(5-2)12-11-25(3)14-15-9-10-18-17(13-15)21-20-16(22(27)24-23-21)7-6-8-19(20)28-18;1-13-7-9-24(10-8-13)12-14-5-6-17-16(11-14)20-19-15(21(25)23-22-20)3-2-4-18(19)26-17;1-3-10-23(4-2)12-13-8-9-16-15(11-13)19-18-14(20(24)22-21-19)6-5-7-17(18)25-16/h3,5-8,15H,4,9-14,16H2,1-2H3,(H,26,30);7-11,14H,4-6,12-13,15H2,1-3H3,(H,25,28);6-10,13H,4-5,11-12,14H2,1-3H3,(H,24,27);2-6,11,13H,7-10,12H2,1H3,(H,23,25);5-9,11H,3-4,10,12H2,1-2H3,(H,22,24). The van der Waals surface area contributed by atoms with Crippen LogP contribution in [0.5, 0.6) is 57.5 Å². The van der Waals surface area contributed by atoms with Gasteiger partial charge in [0.05, 0.1) is 53.9 Å². The molecule has 15 aromatic rings. The normalized spacial score (nSPS) is 14.2. The number of nitrogens with one attached hydrogen (secondary N) is 5. The number of aromatic amines is 5. The van der Waals surface area contributed by atoms with Crippen LogP contribution in [-0.2, 0) is 32.7 Å². The van der Waals surface area contributed by atoms with Gasteiger partial charge in [-0.05, 0) is 274 Å². The highest BCUT2D eigenvalue weighted by Crippen LogP contribution is 2.51. The minimum atomic E-state index is -0.194. The van der Waals surface area contributed by atoms with E-state index in [4.69, 9.17) is 23.7 Å². The molecule has 12 heterocycles. The molecule has 29 heteroatoms. The van der Waals surface area contributed by atoms with Crippen LogP contribution in [0.15, 0.2) is 206 Å². The number of piperazine rings is 1. The van der Waals surface area contributed by atoms with Crippen molar-refractivity contribution in [3.63, 3.8) is 0 Å². The van der Waals surface area contributed by atoms with Crippen molar-refractivity contribution in [3.8, 4) is 114 Å². The predicted molar refractivity (Wildman–Crippen MR) is 552 cm³/mol. The number of benzene rings is 10. The summed E-state index contributed by atoms with van der Waals surface area (Å²) in [6.45, 7) is 42.8. The second-order valence-electron chi connectivity index (χ2n) is 37.3. The smallest absolute Gasteiger partial charge is 0.272 e. The first-order chi connectivity index (χ1) is 67.7. The van der Waals surface area contributed by atoms with Gasteiger partial charge in [-0.3, -0.25) is 43.6 Å². The fourth-order valence-electron chi connectivity index (χ4n) is 19.8. The summed E-state index contributed by atoms with van der Waals surface area (Å²) in [5, 5.41) is 41.9. The van der Waals surface area contributed by atoms with Crippen molar-refractivity contribution >= 4 is 53.9 Å². The molecule has 0 saturated carbocycles. The highest BCUT2D eigenvalue weighted by Gasteiger charge is 2.32. The van der Waals surface area contributed by atoms with E-state index in [9.17, 15) is 24.0 Å². The van der Waals surface area contributed by atoms with Gasteiger partial charge in [0.1, 0.15) is 86.0 Å². The molecule has 0 bridgehead atoms. The molecule has 2 saturated heterocycles. The van der Waals surface area contributed by atoms with Crippen LogP contribution in [0, 0.1) is 5.92 Å². The lowest BCUT2D eigenvalue weighted by Gasteiger charge is -2.35. The molecule has 0 atom stereocenters. The van der Waals surface area contributed by atoms with Gasteiger partial charge < -0.3 is 48.2 Å². The number of rotatable bonds is 28. The quantitative estimate of drug-likeness (QED) is 0.0304. The molecule has 0 unspecified atom stereocenters. The van der Waals surface area contributed by atoms with Crippen LogP contribution in [0.25, 0.3) is 110 Å². The summed E-state index contributed by atoms with van der Waals surface area (Å²) < 4.78 is 30.3. The number of hydrogen-bond acceptors (Lipinski definition) is 24. The van der Waals surface area contributed by atoms with E-state index in [1.165, 1.54) is 53.6 Å². The van der Waals surface area contributed by atoms with Gasteiger partial charge >= 0.3 is 0 Å². The molecule has 2 fully saturated rings. The number of nitrogens with zero attached hydrogens (tertiary/aromatic N) is 14. The fraction of sp³-hybridized carbons (Fsp3) is 0.364. The monoisotopic (exact) mass is 1870 g/mol. The molecule has 139 heavy (non-hydrogen) atoms. The number of fused-ring (bicyclic) bond motifs is 10. The number of aromatic nitrogens is 10. The van der Waals surface area contributed by atoms with Gasteiger partial charge in [0.25, 0.3) is 27.8 Å². The van der Waals surface area contributed by atoms with Gasteiger partial charge in [-0.1, -0.05) is 116 Å². The minimum Gasteiger partial charge on any atom is -0.456 e. The van der Waals surface area contributed by atoms with Crippen LogP contribution in [-0.4, -0.2) is 241 Å². The van der Waals surface area contributed by atoms with Gasteiger partial charge in [-0.15, -0.1) is 0 Å². The molecule has 0 aliphatic carbocycles. The minimum absolute atomic E-state index is 0.184. The van der Waals surface area contributed by atoms with Gasteiger partial charge in [0.15, 0.2) is 0 Å². The maximum absolute atomic E-state index is 12.2. The molecule has 10 aromatic carbocycles. The second kappa shape index (κ2) is 43.3. The number of piperidine rings is 1. The first-order valence-electron chi connectivity index (χ1n) is 49.3. The van der Waals surface area contributed by atoms with E-state index in [0.717, 1.165) is 275 Å². The third-order valence-electron chi connectivity index (χ3n) is 27.7. The van der Waals surface area contributed by atoms with E-state index >= 15 is 0 Å². The molecule has 0 radical (unpaired) electrons. The van der Waals surface area contributed by atoms with E-state index in [-0.39, 0.29) is 27.8 Å². The van der Waals surface area contributed by atoms with E-state index in [0.29, 0.717) is 55.7 Å². The molecule has 22 rings (SSSR count). The number of ether oxygens (including phenoxy) is 5. The topological polar surface area (TPSA) is 304 Å². The Hall–Kier alpha value is -13.5. The summed E-state index contributed by atoms with van der Waals surface area (Å²) >= 11 is 0. The molecule has 7 aliphatic rings. The van der Waals surface area contributed by atoms with Crippen molar-refractivity contribution in [2.24, 2.45) is 5.92 Å². The summed E-state index contributed by atoms with van der Waals surface area (Å²) in [6, 6.07) is 59.0. The Morgan fingerprint density at radius 2 is 0.590 bits per heavy atom. The Bertz CT molecular complexity index is 7320. The van der Waals surface area contributed by atoms with Crippen LogP contribution in [0.1, 0.15) is 109 Å². The third kappa shape index (κ3) is 21.1. The van der Waals surface area contributed by atoms with Gasteiger partial charge in [0, 0.05) is 113 Å². The van der Waals surface area contributed by atoms with Crippen LogP contribution in [0.3, 0.4) is 0 Å².